The first-order chi connectivity index (χ1) is 12.8. The third-order valence-electron chi connectivity index (χ3n) is 4.89. The Kier molecular flexibility index (Phi) is 6.66. The van der Waals surface area contributed by atoms with Crippen LogP contribution in [0.25, 0.3) is 0 Å². The second-order valence-corrected chi connectivity index (χ2v) is 6.65. The van der Waals surface area contributed by atoms with Crippen LogP contribution >= 0.6 is 0 Å². The summed E-state index contributed by atoms with van der Waals surface area (Å²) in [5.74, 6) is 0.997. The van der Waals surface area contributed by atoms with E-state index in [4.69, 9.17) is 4.52 Å². The lowest BCUT2D eigenvalue weighted by Crippen LogP contribution is -2.52. The van der Waals surface area contributed by atoms with E-state index < -0.39 is 0 Å². The summed E-state index contributed by atoms with van der Waals surface area (Å²) in [5, 5.41) is 7.50. The molecule has 1 aliphatic rings. The molecule has 1 aliphatic heterocycles. The molecule has 0 amide bonds. The number of hydrogen-bond acceptors (Lipinski definition) is 4. The molecule has 3 rings (SSSR count). The summed E-state index contributed by atoms with van der Waals surface area (Å²) in [6.07, 6.45) is 3.73. The van der Waals surface area contributed by atoms with Crippen molar-refractivity contribution in [1.29, 1.82) is 0 Å². The van der Waals surface area contributed by atoms with Gasteiger partial charge in [0.25, 0.3) is 0 Å². The molecule has 1 fully saturated rings. The third kappa shape index (κ3) is 5.08. The monoisotopic (exact) mass is 355 g/mol. The molecule has 0 saturated carbocycles. The SMILES string of the molecule is CCc1ccc(CCNC(=NC)N2CCN(Cc3ccon3)CC2)cc1. The molecular formula is C20H29N5O. The van der Waals surface area contributed by atoms with Gasteiger partial charge in [0, 0.05) is 52.4 Å². The minimum atomic E-state index is 0.851. The Labute approximate surface area is 155 Å². The first kappa shape index (κ1) is 18.5. The number of benzene rings is 1. The van der Waals surface area contributed by atoms with Gasteiger partial charge in [-0.25, -0.2) is 0 Å². The van der Waals surface area contributed by atoms with Gasteiger partial charge >= 0.3 is 0 Å². The van der Waals surface area contributed by atoms with Gasteiger partial charge < -0.3 is 14.7 Å². The maximum atomic E-state index is 4.91. The largest absolute Gasteiger partial charge is 0.364 e. The first-order valence-corrected chi connectivity index (χ1v) is 9.43. The highest BCUT2D eigenvalue weighted by molar-refractivity contribution is 5.80. The lowest BCUT2D eigenvalue weighted by atomic mass is 10.1. The molecule has 0 radical (unpaired) electrons. The number of nitrogens with zero attached hydrogens (tertiary/aromatic N) is 4. The number of piperazine rings is 1. The van der Waals surface area contributed by atoms with Gasteiger partial charge in [0.2, 0.25) is 0 Å². The Balaban J connectivity index is 1.41. The third-order valence-corrected chi connectivity index (χ3v) is 4.89. The summed E-state index contributed by atoms with van der Waals surface area (Å²) in [5.41, 5.74) is 3.75. The van der Waals surface area contributed by atoms with Crippen molar-refractivity contribution in [2.24, 2.45) is 4.99 Å². The Hall–Kier alpha value is -2.34. The Morgan fingerprint density at radius 3 is 2.46 bits per heavy atom. The molecule has 0 bridgehead atoms. The van der Waals surface area contributed by atoms with Gasteiger partial charge in [-0.15, -0.1) is 0 Å². The molecule has 0 unspecified atom stereocenters. The number of nitrogens with one attached hydrogen (secondary N) is 1. The number of guanidine groups is 1. The van der Waals surface area contributed by atoms with Crippen LogP contribution in [0.4, 0.5) is 0 Å². The van der Waals surface area contributed by atoms with Crippen LogP contribution in [0.15, 0.2) is 46.1 Å². The van der Waals surface area contributed by atoms with Crippen LogP contribution in [0.2, 0.25) is 0 Å². The molecule has 2 heterocycles. The van der Waals surface area contributed by atoms with E-state index in [0.717, 1.165) is 63.8 Å². The highest BCUT2D eigenvalue weighted by atomic mass is 16.5. The summed E-state index contributed by atoms with van der Waals surface area (Å²) >= 11 is 0. The maximum absolute atomic E-state index is 4.91. The average molecular weight is 355 g/mol. The number of aryl methyl sites for hydroxylation is 1. The molecule has 1 aromatic heterocycles. The van der Waals surface area contributed by atoms with Gasteiger partial charge in [0.15, 0.2) is 5.96 Å². The number of hydrogen-bond donors (Lipinski definition) is 1. The van der Waals surface area contributed by atoms with E-state index in [9.17, 15) is 0 Å². The summed E-state index contributed by atoms with van der Waals surface area (Å²) < 4.78 is 4.91. The predicted molar refractivity (Wildman–Crippen MR) is 104 cm³/mol. The quantitative estimate of drug-likeness (QED) is 0.636. The lowest BCUT2D eigenvalue weighted by molar-refractivity contribution is 0.169. The maximum Gasteiger partial charge on any atom is 0.193 e. The van der Waals surface area contributed by atoms with E-state index in [1.54, 1.807) is 6.26 Å². The average Bonchev–Trinajstić information content (AvgIpc) is 3.20. The molecular weight excluding hydrogens is 326 g/mol. The summed E-state index contributed by atoms with van der Waals surface area (Å²) in [6, 6.07) is 10.8. The Bertz CT molecular complexity index is 673. The fraction of sp³-hybridized carbons (Fsp3) is 0.500. The first-order valence-electron chi connectivity index (χ1n) is 9.43. The van der Waals surface area contributed by atoms with Crippen LogP contribution in [-0.4, -0.2) is 60.7 Å². The van der Waals surface area contributed by atoms with Crippen molar-refractivity contribution in [3.05, 3.63) is 53.4 Å². The van der Waals surface area contributed by atoms with Gasteiger partial charge in [0.05, 0.1) is 5.69 Å². The topological polar surface area (TPSA) is 56.9 Å². The molecule has 1 saturated heterocycles. The van der Waals surface area contributed by atoms with E-state index in [-0.39, 0.29) is 0 Å². The Morgan fingerprint density at radius 2 is 1.85 bits per heavy atom. The molecule has 26 heavy (non-hydrogen) atoms. The van der Waals surface area contributed by atoms with Crippen molar-refractivity contribution in [3.63, 3.8) is 0 Å². The van der Waals surface area contributed by atoms with Gasteiger partial charge in [-0.1, -0.05) is 36.3 Å². The molecule has 140 valence electrons. The van der Waals surface area contributed by atoms with Crippen molar-refractivity contribution in [2.45, 2.75) is 26.3 Å². The second-order valence-electron chi connectivity index (χ2n) is 6.65. The molecule has 1 aromatic carbocycles. The van der Waals surface area contributed by atoms with Crippen molar-refractivity contribution in [1.82, 2.24) is 20.3 Å². The van der Waals surface area contributed by atoms with Crippen molar-refractivity contribution >= 4 is 5.96 Å². The fourth-order valence-corrected chi connectivity index (χ4v) is 3.26. The van der Waals surface area contributed by atoms with E-state index >= 15 is 0 Å². The summed E-state index contributed by atoms with van der Waals surface area (Å²) in [6.45, 7) is 7.90. The zero-order valence-electron chi connectivity index (χ0n) is 15.8. The number of aliphatic imine (C=N–C) groups is 1. The van der Waals surface area contributed by atoms with Crippen LogP contribution in [0.5, 0.6) is 0 Å². The number of aromatic nitrogens is 1. The van der Waals surface area contributed by atoms with Gasteiger partial charge in [-0.05, 0) is 24.0 Å². The molecule has 6 heteroatoms. The van der Waals surface area contributed by atoms with Crippen LogP contribution in [0.1, 0.15) is 23.7 Å². The van der Waals surface area contributed by atoms with E-state index in [1.165, 1.54) is 11.1 Å². The standard InChI is InChI=1S/C20H29N5O/c1-3-17-4-6-18(7-5-17)8-10-22-20(21-2)25-13-11-24(12-14-25)16-19-9-15-26-23-19/h4-7,9,15H,3,8,10-14,16H2,1-2H3,(H,21,22). The molecule has 0 atom stereocenters. The second kappa shape index (κ2) is 9.38. The molecule has 6 nitrogen and oxygen atoms in total. The van der Waals surface area contributed by atoms with E-state index in [0.29, 0.717) is 0 Å². The fourth-order valence-electron chi connectivity index (χ4n) is 3.26. The zero-order valence-corrected chi connectivity index (χ0v) is 15.8. The highest BCUT2D eigenvalue weighted by Crippen LogP contribution is 2.08. The van der Waals surface area contributed by atoms with Crippen molar-refractivity contribution in [2.75, 3.05) is 39.8 Å². The van der Waals surface area contributed by atoms with Crippen LogP contribution in [0.3, 0.4) is 0 Å². The normalized spacial score (nSPS) is 16.1. The van der Waals surface area contributed by atoms with Gasteiger partial charge in [0.1, 0.15) is 6.26 Å². The van der Waals surface area contributed by atoms with Crippen LogP contribution in [0, 0.1) is 0 Å². The van der Waals surface area contributed by atoms with Gasteiger partial charge in [-0.2, -0.15) is 0 Å². The molecule has 2 aromatic rings. The lowest BCUT2D eigenvalue weighted by Gasteiger charge is -2.36. The van der Waals surface area contributed by atoms with Crippen molar-refractivity contribution in [3.8, 4) is 0 Å². The van der Waals surface area contributed by atoms with Crippen molar-refractivity contribution < 1.29 is 4.52 Å². The van der Waals surface area contributed by atoms with Crippen LogP contribution in [-0.2, 0) is 19.4 Å². The smallest absolute Gasteiger partial charge is 0.193 e. The van der Waals surface area contributed by atoms with E-state index in [2.05, 4.69) is 56.5 Å². The summed E-state index contributed by atoms with van der Waals surface area (Å²) in [7, 11) is 1.86. The predicted octanol–water partition coefficient (Wildman–Crippen LogP) is 2.17. The minimum absolute atomic E-state index is 0.851. The van der Waals surface area contributed by atoms with Crippen LogP contribution < -0.4 is 5.32 Å². The molecule has 0 aliphatic carbocycles. The minimum Gasteiger partial charge on any atom is -0.364 e. The van der Waals surface area contributed by atoms with Gasteiger partial charge in [-0.3, -0.25) is 9.89 Å². The molecule has 0 spiro atoms. The summed E-state index contributed by atoms with van der Waals surface area (Å²) in [4.78, 5) is 9.19. The molecule has 1 N–H and O–H groups in total. The van der Waals surface area contributed by atoms with E-state index in [1.807, 2.05) is 13.1 Å². The number of rotatable bonds is 6. The Morgan fingerprint density at radius 1 is 1.12 bits per heavy atom. The zero-order chi connectivity index (χ0) is 18.2. The highest BCUT2D eigenvalue weighted by Gasteiger charge is 2.20.